The van der Waals surface area contributed by atoms with Gasteiger partial charge in [0.15, 0.2) is 0 Å². The summed E-state index contributed by atoms with van der Waals surface area (Å²) in [5, 5.41) is 9.96. The molecule has 3 aliphatic heterocycles. The normalized spacial score (nSPS) is 28.2. The second kappa shape index (κ2) is 13.1. The second-order valence-corrected chi connectivity index (χ2v) is 13.2. The molecule has 3 aliphatic rings. The number of carbonyl (C=O) groups is 3. The van der Waals surface area contributed by atoms with Crippen molar-refractivity contribution in [3.63, 3.8) is 0 Å². The van der Waals surface area contributed by atoms with Crippen LogP contribution in [0.5, 0.6) is 0 Å². The Morgan fingerprint density at radius 2 is 1.80 bits per heavy atom. The van der Waals surface area contributed by atoms with Crippen LogP contribution in [-0.4, -0.2) is 76.1 Å². The molecule has 3 amide bonds. The monoisotopic (exact) mass is 633 g/mol. The molecule has 8 nitrogen and oxygen atoms in total. The molecule has 3 saturated heterocycles. The molecule has 3 heterocycles. The highest BCUT2D eigenvalue weighted by atomic mass is 35.5. The fraction of sp³-hybridized carbons (Fsp3) is 0.472. The number of aryl methyl sites for hydroxylation is 1. The van der Waals surface area contributed by atoms with E-state index in [2.05, 4.69) is 13.2 Å². The van der Waals surface area contributed by atoms with Crippen molar-refractivity contribution in [3.05, 3.63) is 90.0 Å². The third kappa shape index (κ3) is 5.51. The first kappa shape index (κ1) is 32.9. The first-order chi connectivity index (χ1) is 21.5. The van der Waals surface area contributed by atoms with E-state index in [1.54, 1.807) is 32.9 Å². The molecule has 0 saturated carbocycles. The molecule has 240 valence electrons. The lowest BCUT2D eigenvalue weighted by atomic mass is 9.62. The molecule has 3 unspecified atom stereocenters. The van der Waals surface area contributed by atoms with Gasteiger partial charge in [0.25, 0.3) is 5.91 Å². The van der Waals surface area contributed by atoms with Gasteiger partial charge in [0, 0.05) is 32.8 Å². The van der Waals surface area contributed by atoms with E-state index >= 15 is 0 Å². The number of halogens is 1. The quantitative estimate of drug-likeness (QED) is 0.243. The van der Waals surface area contributed by atoms with E-state index in [0.717, 1.165) is 11.1 Å². The average molecular weight is 634 g/mol. The second-order valence-electron chi connectivity index (χ2n) is 12.8. The van der Waals surface area contributed by atoms with Crippen molar-refractivity contribution in [2.45, 2.75) is 63.8 Å². The minimum atomic E-state index is -1.21. The van der Waals surface area contributed by atoms with Gasteiger partial charge < -0.3 is 24.5 Å². The fourth-order valence-corrected chi connectivity index (χ4v) is 8.27. The number of rotatable bonds is 13. The Morgan fingerprint density at radius 3 is 2.44 bits per heavy atom. The van der Waals surface area contributed by atoms with Gasteiger partial charge in [-0.15, -0.1) is 13.2 Å². The Labute approximate surface area is 271 Å². The van der Waals surface area contributed by atoms with Crippen LogP contribution in [0.2, 0.25) is 5.02 Å². The zero-order valence-electron chi connectivity index (χ0n) is 26.5. The summed E-state index contributed by atoms with van der Waals surface area (Å²) < 4.78 is 6.97. The number of unbranched alkanes of at least 4 members (excludes halogenated alkanes) is 1. The highest BCUT2D eigenvalue weighted by Gasteiger charge is 2.80. The molecule has 1 N–H and O–H groups in total. The lowest BCUT2D eigenvalue weighted by molar-refractivity contribution is -0.151. The number of aliphatic hydroxyl groups is 1. The predicted octanol–water partition coefficient (Wildman–Crippen LogP) is 5.17. The van der Waals surface area contributed by atoms with E-state index in [-0.39, 0.29) is 43.3 Å². The van der Waals surface area contributed by atoms with Gasteiger partial charge in [-0.3, -0.25) is 14.4 Å². The molecule has 5 rings (SSSR count). The summed E-state index contributed by atoms with van der Waals surface area (Å²) >= 11 is 6.68. The average Bonchev–Trinajstić information content (AvgIpc) is 3.52. The molecule has 9 heteroatoms. The summed E-state index contributed by atoms with van der Waals surface area (Å²) in [5.41, 5.74) is 0.187. The molecule has 2 aromatic rings. The maximum atomic E-state index is 14.9. The molecular formula is C36H44ClN3O5. The van der Waals surface area contributed by atoms with Crippen LogP contribution in [0.4, 0.5) is 5.69 Å². The fourth-order valence-electron chi connectivity index (χ4n) is 7.95. The van der Waals surface area contributed by atoms with Crippen LogP contribution >= 0.6 is 11.6 Å². The number of amides is 3. The van der Waals surface area contributed by atoms with Crippen LogP contribution in [0.25, 0.3) is 0 Å². The van der Waals surface area contributed by atoms with Crippen molar-refractivity contribution in [2.24, 2.45) is 17.8 Å². The molecular weight excluding hydrogens is 590 g/mol. The maximum Gasteiger partial charge on any atom is 0.253 e. The minimum Gasteiger partial charge on any atom is -0.396 e. The van der Waals surface area contributed by atoms with Gasteiger partial charge in [0.1, 0.15) is 11.6 Å². The minimum absolute atomic E-state index is 0.0284. The van der Waals surface area contributed by atoms with Crippen molar-refractivity contribution in [3.8, 4) is 0 Å². The summed E-state index contributed by atoms with van der Waals surface area (Å²) in [6.07, 6.45) is 4.77. The Balaban J connectivity index is 1.60. The van der Waals surface area contributed by atoms with E-state index in [9.17, 15) is 19.5 Å². The zero-order chi connectivity index (χ0) is 32.5. The van der Waals surface area contributed by atoms with Crippen molar-refractivity contribution in [1.82, 2.24) is 9.80 Å². The van der Waals surface area contributed by atoms with Crippen LogP contribution in [0, 0.1) is 24.7 Å². The smallest absolute Gasteiger partial charge is 0.253 e. The number of aliphatic hydroxyl groups excluding tert-OH is 1. The highest BCUT2D eigenvalue weighted by Crippen LogP contribution is 2.65. The summed E-state index contributed by atoms with van der Waals surface area (Å²) in [6.45, 7) is 14.7. The van der Waals surface area contributed by atoms with Crippen LogP contribution in [0.1, 0.15) is 44.2 Å². The number of nitrogens with zero attached hydrogens (tertiary/aromatic N) is 3. The molecule has 6 atom stereocenters. The number of hydrogen-bond acceptors (Lipinski definition) is 5. The van der Waals surface area contributed by atoms with Gasteiger partial charge in [0.05, 0.1) is 28.1 Å². The summed E-state index contributed by atoms with van der Waals surface area (Å²) in [7, 11) is 0. The molecule has 0 radical (unpaired) electrons. The van der Waals surface area contributed by atoms with Crippen LogP contribution in [0.15, 0.2) is 73.8 Å². The van der Waals surface area contributed by atoms with E-state index in [0.29, 0.717) is 43.1 Å². The van der Waals surface area contributed by atoms with Gasteiger partial charge in [-0.1, -0.05) is 73.1 Å². The van der Waals surface area contributed by atoms with Crippen LogP contribution < -0.4 is 4.90 Å². The van der Waals surface area contributed by atoms with Gasteiger partial charge >= 0.3 is 0 Å². The molecule has 1 spiro atoms. The highest BCUT2D eigenvalue weighted by molar-refractivity contribution is 6.34. The summed E-state index contributed by atoms with van der Waals surface area (Å²) in [6, 6.07) is 14.2. The number of ether oxygens (including phenoxy) is 1. The number of likely N-dealkylation sites (tertiary alicyclic amines) is 1. The Kier molecular flexibility index (Phi) is 9.59. The van der Waals surface area contributed by atoms with Crippen LogP contribution in [-0.2, 0) is 25.7 Å². The Bertz CT molecular complexity index is 1450. The molecule has 2 bridgehead atoms. The van der Waals surface area contributed by atoms with E-state index in [1.165, 1.54) is 0 Å². The van der Waals surface area contributed by atoms with Crippen molar-refractivity contribution in [2.75, 3.05) is 31.1 Å². The van der Waals surface area contributed by atoms with Crippen molar-refractivity contribution < 1.29 is 24.2 Å². The molecule has 45 heavy (non-hydrogen) atoms. The molecule has 0 aromatic heterocycles. The Morgan fingerprint density at radius 1 is 1.09 bits per heavy atom. The number of benzene rings is 2. The largest absolute Gasteiger partial charge is 0.396 e. The molecule has 0 aliphatic carbocycles. The topological polar surface area (TPSA) is 90.4 Å². The molecule has 2 aromatic carbocycles. The number of carbonyl (C=O) groups excluding carboxylic acids is 3. The van der Waals surface area contributed by atoms with E-state index in [1.807, 2.05) is 63.2 Å². The standard InChI is InChI=1S/C36H44ClN3O5/c1-6-18-38(23-26-15-9-8-10-16-26)32(42)28-29-33(43)40(20-11-12-21-41)31(36(29)22-25(4)35(28,5)45-36)34(44)39(19-7-2)30-24(3)14-13-17-27(30)37/h6-10,13-17,25,28-29,31,41H,1-2,11-12,18-23H2,3-5H3/t25?,28-,29-,31?,35+,36?/m0/s1. The SMILES string of the molecule is C=CCN(Cc1ccccc1)C(=O)[C@@H]1[C@H]2C(=O)N(CCCCO)C(C(=O)N(CC=C)c3c(C)cccc3Cl)C23CC(C)[C@@]1(C)O3. The lowest BCUT2D eigenvalue weighted by Gasteiger charge is -2.39. The lowest BCUT2D eigenvalue weighted by Crippen LogP contribution is -2.57. The van der Waals surface area contributed by atoms with Gasteiger partial charge in [0.2, 0.25) is 11.8 Å². The zero-order valence-corrected chi connectivity index (χ0v) is 27.2. The predicted molar refractivity (Wildman–Crippen MR) is 176 cm³/mol. The number of hydrogen-bond donors (Lipinski definition) is 1. The van der Waals surface area contributed by atoms with Gasteiger partial charge in [-0.25, -0.2) is 0 Å². The maximum absolute atomic E-state index is 14.9. The van der Waals surface area contributed by atoms with E-state index < -0.39 is 29.1 Å². The van der Waals surface area contributed by atoms with Crippen molar-refractivity contribution in [1.29, 1.82) is 0 Å². The Hall–Kier alpha value is -3.46. The molecule has 3 fully saturated rings. The summed E-state index contributed by atoms with van der Waals surface area (Å²) in [4.78, 5) is 49.1. The number of anilines is 1. The van der Waals surface area contributed by atoms with Gasteiger partial charge in [-0.05, 0) is 56.2 Å². The first-order valence-corrected chi connectivity index (χ1v) is 16.2. The number of para-hydroxylation sites is 1. The summed E-state index contributed by atoms with van der Waals surface area (Å²) in [5.74, 6) is -2.47. The van der Waals surface area contributed by atoms with E-state index in [4.69, 9.17) is 16.3 Å². The number of fused-ring (bicyclic) bond motifs is 1. The van der Waals surface area contributed by atoms with Crippen molar-refractivity contribution >= 4 is 35.0 Å². The van der Waals surface area contributed by atoms with Gasteiger partial charge in [-0.2, -0.15) is 0 Å². The third-order valence-electron chi connectivity index (χ3n) is 10.0. The third-order valence-corrected chi connectivity index (χ3v) is 10.3. The van der Waals surface area contributed by atoms with Crippen LogP contribution in [0.3, 0.4) is 0 Å². The first-order valence-electron chi connectivity index (χ1n) is 15.8.